The van der Waals surface area contributed by atoms with Gasteiger partial charge in [-0.3, -0.25) is 5.32 Å². The lowest BCUT2D eigenvalue weighted by Crippen LogP contribution is -2.40. The van der Waals surface area contributed by atoms with E-state index >= 15 is 0 Å². The van der Waals surface area contributed by atoms with E-state index in [1.54, 1.807) is 17.6 Å². The highest BCUT2D eigenvalue weighted by molar-refractivity contribution is 7.14. The minimum Gasteiger partial charge on any atom is -0.462 e. The summed E-state index contributed by atoms with van der Waals surface area (Å²) in [5, 5.41) is 16.2. The number of nitrogens with one attached hydrogen (secondary N) is 1. The van der Waals surface area contributed by atoms with E-state index in [2.05, 4.69) is 15.5 Å². The fourth-order valence-corrected chi connectivity index (χ4v) is 4.35. The topological polar surface area (TPSA) is 71.3 Å². The summed E-state index contributed by atoms with van der Waals surface area (Å²) in [5.41, 5.74) is 0. The number of carbonyl (C=O) groups is 1. The molecule has 1 aliphatic heterocycles. The lowest BCUT2D eigenvalue weighted by atomic mass is 9.98. The molecule has 0 unspecified atom stereocenters. The van der Waals surface area contributed by atoms with Gasteiger partial charge < -0.3 is 9.32 Å². The van der Waals surface area contributed by atoms with Crippen molar-refractivity contribution in [2.24, 2.45) is 0 Å². The number of urea groups is 1. The molecule has 0 aliphatic carbocycles. The van der Waals surface area contributed by atoms with Crippen LogP contribution in [0.2, 0.25) is 0 Å². The first kappa shape index (κ1) is 15.3. The first-order chi connectivity index (χ1) is 11.8. The summed E-state index contributed by atoms with van der Waals surface area (Å²) in [7, 11) is 0. The molecule has 1 saturated heterocycles. The van der Waals surface area contributed by atoms with E-state index in [-0.39, 0.29) is 6.03 Å². The number of amides is 2. The second-order valence-corrected chi connectivity index (χ2v) is 7.55. The third-order valence-electron chi connectivity index (χ3n) is 4.06. The number of likely N-dealkylation sites (tertiary alicyclic amines) is 1. The number of piperidine rings is 1. The first-order valence-electron chi connectivity index (χ1n) is 7.76. The maximum atomic E-state index is 12.3. The van der Waals surface area contributed by atoms with Gasteiger partial charge in [0.15, 0.2) is 10.8 Å². The van der Waals surface area contributed by atoms with Crippen LogP contribution >= 0.6 is 22.7 Å². The number of hydrogen-bond donors (Lipinski definition) is 1. The third-order valence-corrected chi connectivity index (χ3v) is 5.94. The van der Waals surface area contributed by atoms with Crippen molar-refractivity contribution >= 4 is 33.7 Å². The summed E-state index contributed by atoms with van der Waals surface area (Å²) in [6, 6.07) is 7.55. The van der Waals surface area contributed by atoms with Crippen LogP contribution in [0.3, 0.4) is 0 Å². The number of thiophene rings is 1. The Morgan fingerprint density at radius 2 is 2.12 bits per heavy atom. The number of hydrogen-bond acceptors (Lipinski definition) is 6. The normalized spacial score (nSPS) is 15.6. The predicted octanol–water partition coefficient (Wildman–Crippen LogP) is 4.27. The number of furan rings is 1. The van der Waals surface area contributed by atoms with Crippen LogP contribution in [0.4, 0.5) is 9.80 Å². The Morgan fingerprint density at radius 1 is 1.25 bits per heavy atom. The van der Waals surface area contributed by atoms with Gasteiger partial charge in [0.2, 0.25) is 0 Å². The van der Waals surface area contributed by atoms with Crippen molar-refractivity contribution in [1.29, 1.82) is 0 Å². The smallest absolute Gasteiger partial charge is 0.322 e. The molecule has 4 heterocycles. The molecule has 1 N–H and O–H groups in total. The summed E-state index contributed by atoms with van der Waals surface area (Å²) >= 11 is 3.11. The van der Waals surface area contributed by atoms with Gasteiger partial charge >= 0.3 is 6.03 Å². The zero-order valence-electron chi connectivity index (χ0n) is 12.8. The van der Waals surface area contributed by atoms with Gasteiger partial charge in [0, 0.05) is 19.0 Å². The molecule has 0 atom stereocenters. The lowest BCUT2D eigenvalue weighted by Gasteiger charge is -2.30. The van der Waals surface area contributed by atoms with Crippen molar-refractivity contribution in [1.82, 2.24) is 15.1 Å². The average Bonchev–Trinajstić information content (AvgIpc) is 3.36. The highest BCUT2D eigenvalue weighted by atomic mass is 32.1. The highest BCUT2D eigenvalue weighted by Crippen LogP contribution is 2.33. The van der Waals surface area contributed by atoms with Crippen LogP contribution in [-0.2, 0) is 0 Å². The molecule has 6 nitrogen and oxygen atoms in total. The number of carbonyl (C=O) groups excluding carboxylic acids is 1. The zero-order chi connectivity index (χ0) is 16.4. The van der Waals surface area contributed by atoms with Crippen LogP contribution in [0.5, 0.6) is 0 Å². The summed E-state index contributed by atoms with van der Waals surface area (Å²) in [4.78, 5) is 14.1. The van der Waals surface area contributed by atoms with Crippen molar-refractivity contribution in [3.05, 3.63) is 40.9 Å². The Morgan fingerprint density at radius 3 is 2.83 bits per heavy atom. The Hall–Kier alpha value is -2.19. The van der Waals surface area contributed by atoms with Crippen LogP contribution in [0.1, 0.15) is 23.8 Å². The van der Waals surface area contributed by atoms with Gasteiger partial charge in [0.25, 0.3) is 0 Å². The molecule has 0 saturated carbocycles. The zero-order valence-corrected chi connectivity index (χ0v) is 14.5. The van der Waals surface area contributed by atoms with Crippen LogP contribution in [0, 0.1) is 0 Å². The monoisotopic (exact) mass is 360 g/mol. The molecule has 0 aromatic carbocycles. The van der Waals surface area contributed by atoms with Gasteiger partial charge in [-0.05, 0) is 42.5 Å². The Labute approximate surface area is 147 Å². The Balaban J connectivity index is 1.35. The van der Waals surface area contributed by atoms with Crippen molar-refractivity contribution in [3.8, 4) is 10.8 Å². The van der Waals surface area contributed by atoms with E-state index in [0.29, 0.717) is 5.92 Å². The molecule has 3 aromatic rings. The van der Waals surface area contributed by atoms with Crippen molar-refractivity contribution < 1.29 is 9.21 Å². The highest BCUT2D eigenvalue weighted by Gasteiger charge is 2.26. The summed E-state index contributed by atoms with van der Waals surface area (Å²) in [5.74, 6) is 1.11. The van der Waals surface area contributed by atoms with Crippen LogP contribution in [0.25, 0.3) is 10.8 Å². The summed E-state index contributed by atoms with van der Waals surface area (Å²) in [6.45, 7) is 1.47. The van der Waals surface area contributed by atoms with E-state index in [1.165, 1.54) is 11.3 Å². The lowest BCUT2D eigenvalue weighted by molar-refractivity contribution is 0.194. The van der Waals surface area contributed by atoms with Gasteiger partial charge in [-0.1, -0.05) is 11.3 Å². The number of rotatable bonds is 3. The minimum atomic E-state index is -0.0237. The van der Waals surface area contributed by atoms with Gasteiger partial charge in [-0.2, -0.15) is 0 Å². The van der Waals surface area contributed by atoms with Crippen molar-refractivity contribution in [3.63, 3.8) is 0 Å². The van der Waals surface area contributed by atoms with E-state index < -0.39 is 0 Å². The molecule has 3 aromatic heterocycles. The maximum Gasteiger partial charge on any atom is 0.322 e. The molecule has 4 rings (SSSR count). The Bertz CT molecular complexity index is 790. The number of nitrogens with zero attached hydrogens (tertiary/aromatic N) is 3. The average molecular weight is 360 g/mol. The van der Waals surface area contributed by atoms with E-state index in [4.69, 9.17) is 4.42 Å². The SMILES string of the molecule is O=C(Nc1cccs1)N1CCC(c2nnc(-c3ccco3)s2)CC1. The summed E-state index contributed by atoms with van der Waals surface area (Å²) in [6.07, 6.45) is 3.45. The van der Waals surface area contributed by atoms with E-state index in [1.807, 2.05) is 34.5 Å². The van der Waals surface area contributed by atoms with Gasteiger partial charge in [-0.25, -0.2) is 4.79 Å². The first-order valence-corrected chi connectivity index (χ1v) is 9.46. The fourth-order valence-electron chi connectivity index (χ4n) is 2.76. The molecule has 8 heteroatoms. The number of anilines is 1. The van der Waals surface area contributed by atoms with Gasteiger partial charge in [0.1, 0.15) is 5.01 Å². The van der Waals surface area contributed by atoms with Crippen LogP contribution in [0.15, 0.2) is 40.3 Å². The summed E-state index contributed by atoms with van der Waals surface area (Å²) < 4.78 is 5.37. The minimum absolute atomic E-state index is 0.0237. The molecule has 24 heavy (non-hydrogen) atoms. The van der Waals surface area contributed by atoms with Crippen molar-refractivity contribution in [2.45, 2.75) is 18.8 Å². The molecule has 1 fully saturated rings. The van der Waals surface area contributed by atoms with Gasteiger partial charge in [-0.15, -0.1) is 21.5 Å². The third kappa shape index (κ3) is 3.20. The molecule has 1 aliphatic rings. The van der Waals surface area contributed by atoms with E-state index in [0.717, 1.165) is 46.7 Å². The molecule has 124 valence electrons. The van der Waals surface area contributed by atoms with Crippen molar-refractivity contribution in [2.75, 3.05) is 18.4 Å². The molecular weight excluding hydrogens is 344 g/mol. The molecule has 2 amide bonds. The van der Waals surface area contributed by atoms with Crippen LogP contribution in [-0.4, -0.2) is 34.2 Å². The molecular formula is C16H16N4O2S2. The molecule has 0 spiro atoms. The standard InChI is InChI=1S/C16H16N4O2S2/c21-16(17-13-4-2-10-23-13)20-7-5-11(6-8-20)14-18-19-15(24-14)12-3-1-9-22-12/h1-4,9-11H,5-8H2,(H,17,21). The quantitative estimate of drug-likeness (QED) is 0.757. The molecule has 0 bridgehead atoms. The fraction of sp³-hybridized carbons (Fsp3) is 0.312. The predicted molar refractivity (Wildman–Crippen MR) is 94.5 cm³/mol. The second-order valence-electron chi connectivity index (χ2n) is 5.59. The van der Waals surface area contributed by atoms with Crippen LogP contribution < -0.4 is 5.32 Å². The number of aromatic nitrogens is 2. The van der Waals surface area contributed by atoms with Gasteiger partial charge in [0.05, 0.1) is 11.3 Å². The Kier molecular flexibility index (Phi) is 4.31. The maximum absolute atomic E-state index is 12.3. The largest absolute Gasteiger partial charge is 0.462 e. The van der Waals surface area contributed by atoms with E-state index in [9.17, 15) is 4.79 Å². The second kappa shape index (κ2) is 6.74. The molecule has 0 radical (unpaired) electrons.